The number of ether oxygens (including phenoxy) is 2. The summed E-state index contributed by atoms with van der Waals surface area (Å²) in [5.74, 6) is 3.60. The Morgan fingerprint density at radius 1 is 0.488 bits per heavy atom. The van der Waals surface area contributed by atoms with E-state index < -0.39 is 0 Å². The Morgan fingerprint density at radius 2 is 0.953 bits per heavy atom. The van der Waals surface area contributed by atoms with E-state index in [-0.39, 0.29) is 0 Å². The van der Waals surface area contributed by atoms with Crippen LogP contribution in [-0.4, -0.2) is 9.97 Å². The van der Waals surface area contributed by atoms with Gasteiger partial charge in [0.1, 0.15) is 5.52 Å². The first-order valence-electron chi connectivity index (χ1n) is 14.0. The maximum absolute atomic E-state index is 6.32. The number of rotatable bonds is 3. The zero-order chi connectivity index (χ0) is 28.3. The van der Waals surface area contributed by atoms with E-state index in [1.54, 1.807) is 6.20 Å². The first-order chi connectivity index (χ1) is 21.3. The van der Waals surface area contributed by atoms with Gasteiger partial charge in [-0.25, -0.2) is 9.97 Å². The minimum Gasteiger partial charge on any atom is -0.453 e. The lowest BCUT2D eigenvalue weighted by atomic mass is 10.1. The number of anilines is 6. The van der Waals surface area contributed by atoms with Gasteiger partial charge in [-0.1, -0.05) is 48.5 Å². The lowest BCUT2D eigenvalue weighted by Gasteiger charge is -2.35. The SMILES string of the molecule is c1ccc2c(c1)Oc1ccccc1N2c1cc(-c2nc3cccnc3o2)cc(N2c3ccccc3Oc3ccccc32)c1. The lowest BCUT2D eigenvalue weighted by molar-refractivity contribution is 0.477. The fourth-order valence-corrected chi connectivity index (χ4v) is 5.84. The molecule has 0 fully saturated rings. The number of fused-ring (bicyclic) bond motifs is 5. The highest BCUT2D eigenvalue weighted by molar-refractivity contribution is 5.93. The summed E-state index contributed by atoms with van der Waals surface area (Å²) in [6, 6.07) is 42.4. The van der Waals surface area contributed by atoms with E-state index in [2.05, 4.69) is 57.2 Å². The summed E-state index contributed by atoms with van der Waals surface area (Å²) >= 11 is 0. The number of benzene rings is 5. The van der Waals surface area contributed by atoms with Crippen LogP contribution in [0.2, 0.25) is 0 Å². The van der Waals surface area contributed by atoms with Crippen LogP contribution in [0.5, 0.6) is 23.0 Å². The third-order valence-corrected chi connectivity index (χ3v) is 7.70. The first kappa shape index (κ1) is 23.6. The van der Waals surface area contributed by atoms with E-state index in [4.69, 9.17) is 18.9 Å². The van der Waals surface area contributed by atoms with Gasteiger partial charge in [-0.15, -0.1) is 0 Å². The molecule has 0 aliphatic carbocycles. The van der Waals surface area contributed by atoms with Crippen LogP contribution >= 0.6 is 0 Å². The minimum absolute atomic E-state index is 0.487. The topological polar surface area (TPSA) is 63.9 Å². The molecule has 0 bridgehead atoms. The van der Waals surface area contributed by atoms with Gasteiger partial charge in [-0.3, -0.25) is 0 Å². The van der Waals surface area contributed by atoms with Crippen molar-refractivity contribution in [3.63, 3.8) is 0 Å². The zero-order valence-corrected chi connectivity index (χ0v) is 22.7. The van der Waals surface area contributed by atoms with Crippen LogP contribution in [0.1, 0.15) is 0 Å². The predicted octanol–water partition coefficient (Wildman–Crippen LogP) is 10.0. The van der Waals surface area contributed by atoms with Gasteiger partial charge in [0, 0.05) is 23.1 Å². The van der Waals surface area contributed by atoms with Crippen LogP contribution in [0.25, 0.3) is 22.7 Å². The molecule has 204 valence electrons. The largest absolute Gasteiger partial charge is 0.453 e. The first-order valence-corrected chi connectivity index (χ1v) is 14.0. The van der Waals surface area contributed by atoms with Crippen LogP contribution in [0.3, 0.4) is 0 Å². The average molecular weight is 559 g/mol. The van der Waals surface area contributed by atoms with Crippen molar-refractivity contribution < 1.29 is 13.9 Å². The Kier molecular flexibility index (Phi) is 5.06. The van der Waals surface area contributed by atoms with Gasteiger partial charge in [0.15, 0.2) is 23.0 Å². The van der Waals surface area contributed by atoms with E-state index in [0.717, 1.165) is 62.7 Å². The molecule has 0 amide bonds. The number of oxazole rings is 1. The quantitative estimate of drug-likeness (QED) is 0.214. The third kappa shape index (κ3) is 3.75. The smallest absolute Gasteiger partial charge is 0.247 e. The Labute approximate surface area is 246 Å². The molecule has 0 radical (unpaired) electrons. The van der Waals surface area contributed by atoms with Gasteiger partial charge < -0.3 is 23.7 Å². The molecule has 43 heavy (non-hydrogen) atoms. The summed E-state index contributed by atoms with van der Waals surface area (Å²) in [6.45, 7) is 0. The molecule has 0 unspecified atom stereocenters. The van der Waals surface area contributed by atoms with Crippen LogP contribution in [0.15, 0.2) is 138 Å². The van der Waals surface area contributed by atoms with Crippen molar-refractivity contribution in [3.05, 3.63) is 134 Å². The molecule has 0 spiro atoms. The van der Waals surface area contributed by atoms with Gasteiger partial charge in [-0.2, -0.15) is 0 Å². The molecule has 7 nitrogen and oxygen atoms in total. The molecule has 0 atom stereocenters. The number of hydrogen-bond donors (Lipinski definition) is 0. The fraction of sp³-hybridized carbons (Fsp3) is 0. The van der Waals surface area contributed by atoms with Crippen LogP contribution in [-0.2, 0) is 0 Å². The third-order valence-electron chi connectivity index (χ3n) is 7.70. The molecule has 7 heteroatoms. The Bertz CT molecular complexity index is 1950. The normalized spacial score (nSPS) is 12.9. The molecule has 2 aromatic heterocycles. The maximum atomic E-state index is 6.32. The van der Waals surface area contributed by atoms with E-state index in [1.807, 2.05) is 84.9 Å². The summed E-state index contributed by atoms with van der Waals surface area (Å²) in [7, 11) is 0. The van der Waals surface area contributed by atoms with Gasteiger partial charge in [0.05, 0.1) is 22.7 Å². The number of para-hydroxylation sites is 8. The van der Waals surface area contributed by atoms with E-state index in [0.29, 0.717) is 17.1 Å². The molecule has 9 rings (SSSR count). The highest BCUT2D eigenvalue weighted by Crippen LogP contribution is 2.54. The molecular weight excluding hydrogens is 536 g/mol. The highest BCUT2D eigenvalue weighted by Gasteiger charge is 2.30. The van der Waals surface area contributed by atoms with Gasteiger partial charge in [-0.05, 0) is 78.9 Å². The van der Waals surface area contributed by atoms with Gasteiger partial charge in [0.2, 0.25) is 11.6 Å². The Hall–Kier alpha value is -6.08. The maximum Gasteiger partial charge on any atom is 0.247 e. The molecule has 0 N–H and O–H groups in total. The summed E-state index contributed by atoms with van der Waals surface area (Å²) in [5, 5.41) is 0. The highest BCUT2D eigenvalue weighted by atomic mass is 16.5. The van der Waals surface area contributed by atoms with Crippen molar-refractivity contribution >= 4 is 45.4 Å². The molecule has 4 heterocycles. The molecular formula is C36H22N4O3. The number of aromatic nitrogens is 2. The summed E-state index contributed by atoms with van der Waals surface area (Å²) in [4.78, 5) is 13.7. The van der Waals surface area contributed by atoms with Crippen LogP contribution in [0, 0.1) is 0 Å². The van der Waals surface area contributed by atoms with Crippen molar-refractivity contribution in [1.82, 2.24) is 9.97 Å². The van der Waals surface area contributed by atoms with Crippen LogP contribution in [0.4, 0.5) is 34.1 Å². The molecule has 2 aliphatic heterocycles. The number of hydrogen-bond acceptors (Lipinski definition) is 7. The number of pyridine rings is 1. The van der Waals surface area contributed by atoms with E-state index >= 15 is 0 Å². The Morgan fingerprint density at radius 3 is 1.42 bits per heavy atom. The standard InChI is InChI=1S/C36H22N4O3/c1-5-15-31-27(11-1)39(28-12-2-6-16-32(28)41-31)24-20-23(35-38-26-10-9-19-37-36(26)43-35)21-25(22-24)40-29-13-3-7-17-33(29)42-34-18-8-4-14-30(34)40/h1-22H. The monoisotopic (exact) mass is 558 g/mol. The van der Waals surface area contributed by atoms with Crippen molar-refractivity contribution in [1.29, 1.82) is 0 Å². The molecule has 0 saturated heterocycles. The fourth-order valence-electron chi connectivity index (χ4n) is 5.84. The second kappa shape index (κ2) is 9.22. The molecule has 0 saturated carbocycles. The van der Waals surface area contributed by atoms with E-state index in [9.17, 15) is 0 Å². The van der Waals surface area contributed by atoms with Crippen LogP contribution < -0.4 is 19.3 Å². The summed E-state index contributed by atoms with van der Waals surface area (Å²) in [5.41, 5.74) is 7.60. The van der Waals surface area contributed by atoms with Gasteiger partial charge >= 0.3 is 0 Å². The summed E-state index contributed by atoms with van der Waals surface area (Å²) in [6.07, 6.45) is 1.71. The summed E-state index contributed by atoms with van der Waals surface area (Å²) < 4.78 is 18.8. The lowest BCUT2D eigenvalue weighted by Crippen LogP contribution is -2.18. The average Bonchev–Trinajstić information content (AvgIpc) is 3.50. The predicted molar refractivity (Wildman–Crippen MR) is 167 cm³/mol. The zero-order valence-electron chi connectivity index (χ0n) is 22.7. The van der Waals surface area contributed by atoms with Crippen molar-refractivity contribution in [2.75, 3.05) is 9.80 Å². The van der Waals surface area contributed by atoms with E-state index in [1.165, 1.54) is 0 Å². The second-order valence-electron chi connectivity index (χ2n) is 10.3. The Balaban J connectivity index is 1.32. The second-order valence-corrected chi connectivity index (χ2v) is 10.3. The van der Waals surface area contributed by atoms with Gasteiger partial charge in [0.25, 0.3) is 0 Å². The minimum atomic E-state index is 0.487. The molecule has 2 aliphatic rings. The van der Waals surface area contributed by atoms with Crippen molar-refractivity contribution in [2.24, 2.45) is 0 Å². The van der Waals surface area contributed by atoms with Crippen molar-refractivity contribution in [2.45, 2.75) is 0 Å². The molecule has 5 aromatic carbocycles. The number of nitrogens with zero attached hydrogens (tertiary/aromatic N) is 4. The van der Waals surface area contributed by atoms with Crippen molar-refractivity contribution in [3.8, 4) is 34.5 Å². The molecule has 7 aromatic rings.